The van der Waals surface area contributed by atoms with Gasteiger partial charge in [-0.15, -0.1) is 0 Å². The summed E-state index contributed by atoms with van der Waals surface area (Å²) >= 11 is 0. The first-order valence-electron chi connectivity index (χ1n) is 6.27. The number of non-ortho nitro benzene ring substituents is 1. The lowest BCUT2D eigenvalue weighted by Gasteiger charge is -1.97. The van der Waals surface area contributed by atoms with Crippen molar-refractivity contribution in [2.45, 2.75) is 6.42 Å². The van der Waals surface area contributed by atoms with E-state index in [0.29, 0.717) is 18.1 Å². The smallest absolute Gasteiger partial charge is 0.264 e. The Morgan fingerprint density at radius 1 is 1.19 bits per heavy atom. The molecule has 104 valence electrons. The van der Waals surface area contributed by atoms with Gasteiger partial charge in [-0.3, -0.25) is 20.2 Å². The minimum Gasteiger partial charge on any atom is -0.264 e. The quantitative estimate of drug-likeness (QED) is 0.584. The third-order valence-electron chi connectivity index (χ3n) is 2.97. The highest BCUT2D eigenvalue weighted by Gasteiger charge is 2.08. The van der Waals surface area contributed by atoms with E-state index in [-0.39, 0.29) is 5.69 Å². The Balaban J connectivity index is 1.77. The van der Waals surface area contributed by atoms with Gasteiger partial charge in [0, 0.05) is 36.5 Å². The zero-order chi connectivity index (χ0) is 14.7. The van der Waals surface area contributed by atoms with Gasteiger partial charge in [-0.1, -0.05) is 12.1 Å². The maximum Gasteiger partial charge on any atom is 0.269 e. The van der Waals surface area contributed by atoms with E-state index in [9.17, 15) is 10.1 Å². The molecule has 1 N–H and O–H groups in total. The number of aromatic amines is 1. The Morgan fingerprint density at radius 3 is 2.67 bits per heavy atom. The summed E-state index contributed by atoms with van der Waals surface area (Å²) in [5.41, 5.74) is 1.84. The summed E-state index contributed by atoms with van der Waals surface area (Å²) in [7, 11) is 0. The standard InChI is InChI=1S/C14H11N5O2/c20-19(21)12-5-3-10(4-6-12)8-13-16-14(18-17-13)11-2-1-7-15-9-11/h1-7,9H,8H2,(H,16,17,18). The summed E-state index contributed by atoms with van der Waals surface area (Å²) in [4.78, 5) is 18.6. The van der Waals surface area contributed by atoms with Crippen LogP contribution < -0.4 is 0 Å². The maximum atomic E-state index is 10.6. The number of benzene rings is 1. The van der Waals surface area contributed by atoms with Crippen molar-refractivity contribution in [3.63, 3.8) is 0 Å². The zero-order valence-electron chi connectivity index (χ0n) is 10.9. The highest BCUT2D eigenvalue weighted by molar-refractivity contribution is 5.52. The summed E-state index contributed by atoms with van der Waals surface area (Å²) in [5, 5.41) is 17.6. The van der Waals surface area contributed by atoms with Crippen LogP contribution in [0.1, 0.15) is 11.4 Å². The van der Waals surface area contributed by atoms with Crippen molar-refractivity contribution in [1.29, 1.82) is 0 Å². The van der Waals surface area contributed by atoms with E-state index < -0.39 is 4.92 Å². The van der Waals surface area contributed by atoms with Gasteiger partial charge < -0.3 is 0 Å². The highest BCUT2D eigenvalue weighted by Crippen LogP contribution is 2.16. The summed E-state index contributed by atoms with van der Waals surface area (Å²) in [6.45, 7) is 0. The number of pyridine rings is 1. The lowest BCUT2D eigenvalue weighted by atomic mass is 10.1. The Labute approximate surface area is 119 Å². The fraction of sp³-hybridized carbons (Fsp3) is 0.0714. The predicted octanol–water partition coefficient (Wildman–Crippen LogP) is 2.37. The van der Waals surface area contributed by atoms with E-state index in [0.717, 1.165) is 11.1 Å². The van der Waals surface area contributed by atoms with Gasteiger partial charge in [-0.2, -0.15) is 5.10 Å². The number of nitrogens with zero attached hydrogens (tertiary/aromatic N) is 4. The molecule has 0 spiro atoms. The van der Waals surface area contributed by atoms with Crippen LogP contribution in [0.5, 0.6) is 0 Å². The van der Waals surface area contributed by atoms with Gasteiger partial charge in [0.25, 0.3) is 5.69 Å². The van der Waals surface area contributed by atoms with Gasteiger partial charge in [-0.25, -0.2) is 4.98 Å². The molecule has 1 aromatic carbocycles. The number of H-pyrrole nitrogens is 1. The molecule has 0 amide bonds. The Morgan fingerprint density at radius 2 is 2.00 bits per heavy atom. The monoisotopic (exact) mass is 281 g/mol. The molecule has 2 heterocycles. The molecule has 21 heavy (non-hydrogen) atoms. The molecule has 2 aromatic heterocycles. The molecular formula is C14H11N5O2. The second-order valence-electron chi connectivity index (χ2n) is 4.45. The van der Waals surface area contributed by atoms with Crippen molar-refractivity contribution in [3.8, 4) is 11.4 Å². The number of aromatic nitrogens is 4. The van der Waals surface area contributed by atoms with E-state index in [1.54, 1.807) is 24.5 Å². The van der Waals surface area contributed by atoms with Gasteiger partial charge in [0.15, 0.2) is 5.82 Å². The molecular weight excluding hydrogens is 270 g/mol. The molecule has 7 heteroatoms. The molecule has 0 aliphatic rings. The lowest BCUT2D eigenvalue weighted by molar-refractivity contribution is -0.384. The largest absolute Gasteiger partial charge is 0.269 e. The van der Waals surface area contributed by atoms with Crippen molar-refractivity contribution in [1.82, 2.24) is 20.2 Å². The topological polar surface area (TPSA) is 97.6 Å². The second-order valence-corrected chi connectivity index (χ2v) is 4.45. The van der Waals surface area contributed by atoms with Crippen LogP contribution in [0.25, 0.3) is 11.4 Å². The van der Waals surface area contributed by atoms with Crippen LogP contribution in [0.4, 0.5) is 5.69 Å². The molecule has 0 atom stereocenters. The average molecular weight is 281 g/mol. The molecule has 0 bridgehead atoms. The lowest BCUT2D eigenvalue weighted by Crippen LogP contribution is -1.92. The molecule has 7 nitrogen and oxygen atoms in total. The second kappa shape index (κ2) is 5.49. The van der Waals surface area contributed by atoms with E-state index in [1.165, 1.54) is 12.1 Å². The molecule has 3 rings (SSSR count). The normalized spacial score (nSPS) is 10.5. The summed E-state index contributed by atoms with van der Waals surface area (Å²) in [6, 6.07) is 10.1. The summed E-state index contributed by atoms with van der Waals surface area (Å²) in [6.07, 6.45) is 3.91. The molecule has 0 saturated heterocycles. The molecule has 0 fully saturated rings. The van der Waals surface area contributed by atoms with E-state index in [4.69, 9.17) is 0 Å². The molecule has 0 radical (unpaired) electrons. The van der Waals surface area contributed by atoms with Crippen LogP contribution in [0.3, 0.4) is 0 Å². The van der Waals surface area contributed by atoms with Crippen LogP contribution in [-0.2, 0) is 6.42 Å². The number of nitro benzene ring substituents is 1. The fourth-order valence-corrected chi connectivity index (χ4v) is 1.93. The van der Waals surface area contributed by atoms with Crippen molar-refractivity contribution in [2.24, 2.45) is 0 Å². The first-order valence-corrected chi connectivity index (χ1v) is 6.27. The van der Waals surface area contributed by atoms with Gasteiger partial charge in [0.2, 0.25) is 0 Å². The summed E-state index contributed by atoms with van der Waals surface area (Å²) in [5.74, 6) is 1.28. The van der Waals surface area contributed by atoms with Crippen molar-refractivity contribution in [3.05, 3.63) is 70.3 Å². The minimum atomic E-state index is -0.418. The van der Waals surface area contributed by atoms with Gasteiger partial charge in [-0.05, 0) is 17.7 Å². The van der Waals surface area contributed by atoms with Crippen molar-refractivity contribution < 1.29 is 4.92 Å². The zero-order valence-corrected chi connectivity index (χ0v) is 10.9. The highest BCUT2D eigenvalue weighted by atomic mass is 16.6. The number of hydrogen-bond acceptors (Lipinski definition) is 5. The van der Waals surface area contributed by atoms with Gasteiger partial charge in [0.05, 0.1) is 4.92 Å². The van der Waals surface area contributed by atoms with Crippen LogP contribution >= 0.6 is 0 Å². The molecule has 0 aliphatic heterocycles. The van der Waals surface area contributed by atoms with Crippen molar-refractivity contribution >= 4 is 5.69 Å². The van der Waals surface area contributed by atoms with Crippen LogP contribution in [-0.4, -0.2) is 25.1 Å². The van der Waals surface area contributed by atoms with Gasteiger partial charge >= 0.3 is 0 Å². The van der Waals surface area contributed by atoms with Crippen LogP contribution in [0, 0.1) is 10.1 Å². The Kier molecular flexibility index (Phi) is 3.38. The van der Waals surface area contributed by atoms with E-state index in [1.807, 2.05) is 12.1 Å². The third kappa shape index (κ3) is 2.92. The van der Waals surface area contributed by atoms with Crippen molar-refractivity contribution in [2.75, 3.05) is 0 Å². The third-order valence-corrected chi connectivity index (χ3v) is 2.97. The predicted molar refractivity (Wildman–Crippen MR) is 75.5 cm³/mol. The number of nitrogens with one attached hydrogen (secondary N) is 1. The first-order chi connectivity index (χ1) is 10.2. The van der Waals surface area contributed by atoms with E-state index >= 15 is 0 Å². The van der Waals surface area contributed by atoms with Crippen LogP contribution in [0.2, 0.25) is 0 Å². The Hall–Kier alpha value is -3.09. The molecule has 0 saturated carbocycles. The number of hydrogen-bond donors (Lipinski definition) is 1. The molecule has 0 aliphatic carbocycles. The number of rotatable bonds is 4. The fourth-order valence-electron chi connectivity index (χ4n) is 1.93. The van der Waals surface area contributed by atoms with E-state index in [2.05, 4.69) is 20.2 Å². The molecule has 0 unspecified atom stereocenters. The number of nitro groups is 1. The maximum absolute atomic E-state index is 10.6. The first kappa shape index (κ1) is 12.9. The minimum absolute atomic E-state index is 0.0763. The van der Waals surface area contributed by atoms with Crippen LogP contribution in [0.15, 0.2) is 48.8 Å². The Bertz CT molecular complexity index is 753. The average Bonchev–Trinajstić information content (AvgIpc) is 2.97. The summed E-state index contributed by atoms with van der Waals surface area (Å²) < 4.78 is 0. The molecule has 3 aromatic rings. The SMILES string of the molecule is O=[N+]([O-])c1ccc(Cc2nc(-c3cccnc3)n[nH]2)cc1. The van der Waals surface area contributed by atoms with Gasteiger partial charge in [0.1, 0.15) is 5.82 Å².